The van der Waals surface area contributed by atoms with Crippen LogP contribution < -0.4 is 4.90 Å². The summed E-state index contributed by atoms with van der Waals surface area (Å²) < 4.78 is 14.5. The summed E-state index contributed by atoms with van der Waals surface area (Å²) in [5.41, 5.74) is 1.51. The summed E-state index contributed by atoms with van der Waals surface area (Å²) >= 11 is 0. The average molecular weight is 390 g/mol. The van der Waals surface area contributed by atoms with E-state index in [1.54, 1.807) is 30.6 Å². The predicted octanol–water partition coefficient (Wildman–Crippen LogP) is 3.49. The van der Waals surface area contributed by atoms with Gasteiger partial charge in [0, 0.05) is 50.9 Å². The molecule has 1 aromatic heterocycles. The van der Waals surface area contributed by atoms with Crippen molar-refractivity contribution in [3.8, 4) is 0 Å². The number of anilines is 1. The minimum atomic E-state index is -0.305. The molecular weight excluding hydrogens is 367 g/mol. The van der Waals surface area contributed by atoms with E-state index in [1.165, 1.54) is 6.07 Å². The smallest absolute Gasteiger partial charge is 0.225 e. The highest BCUT2D eigenvalue weighted by atomic mass is 19.1. The van der Waals surface area contributed by atoms with Crippen molar-refractivity contribution in [1.29, 1.82) is 0 Å². The van der Waals surface area contributed by atoms with Gasteiger partial charge in [-0.2, -0.15) is 0 Å². The summed E-state index contributed by atoms with van der Waals surface area (Å²) in [6, 6.07) is 18.2. The molecule has 6 heteroatoms. The molecule has 1 amide bonds. The lowest BCUT2D eigenvalue weighted by atomic mass is 9.87. The van der Waals surface area contributed by atoms with Gasteiger partial charge in [-0.05, 0) is 23.3 Å². The Hall–Kier alpha value is -3.28. The third-order valence-corrected chi connectivity index (χ3v) is 5.33. The quantitative estimate of drug-likeness (QED) is 0.669. The molecule has 1 aliphatic heterocycles. The molecule has 2 heterocycles. The van der Waals surface area contributed by atoms with Crippen LogP contribution >= 0.6 is 0 Å². The van der Waals surface area contributed by atoms with E-state index in [0.29, 0.717) is 37.7 Å². The topological polar surface area (TPSA) is 49.3 Å². The molecule has 29 heavy (non-hydrogen) atoms. The Bertz CT molecular complexity index is 943. The zero-order valence-electron chi connectivity index (χ0n) is 16.1. The van der Waals surface area contributed by atoms with Gasteiger partial charge in [-0.25, -0.2) is 14.4 Å². The van der Waals surface area contributed by atoms with E-state index in [0.717, 1.165) is 5.56 Å². The fourth-order valence-corrected chi connectivity index (χ4v) is 3.76. The number of rotatable bonds is 5. The highest BCUT2D eigenvalue weighted by Crippen LogP contribution is 2.30. The minimum Gasteiger partial charge on any atom is -0.339 e. The van der Waals surface area contributed by atoms with Crippen molar-refractivity contribution in [3.63, 3.8) is 0 Å². The Morgan fingerprint density at radius 3 is 2.24 bits per heavy atom. The number of carbonyl (C=O) groups excluding carboxylic acids is 1. The van der Waals surface area contributed by atoms with Crippen molar-refractivity contribution in [2.75, 3.05) is 31.1 Å². The lowest BCUT2D eigenvalue weighted by molar-refractivity contribution is -0.131. The number of hydrogen-bond acceptors (Lipinski definition) is 4. The number of piperazine rings is 1. The van der Waals surface area contributed by atoms with Crippen molar-refractivity contribution in [1.82, 2.24) is 14.9 Å². The molecule has 0 saturated carbocycles. The monoisotopic (exact) mass is 390 g/mol. The number of hydrogen-bond donors (Lipinski definition) is 0. The zero-order valence-corrected chi connectivity index (χ0v) is 16.1. The van der Waals surface area contributed by atoms with Crippen LogP contribution in [0.3, 0.4) is 0 Å². The fraction of sp³-hybridized carbons (Fsp3) is 0.261. The standard InChI is InChI=1S/C23H23FN4O/c24-21-10-5-4-9-19(21)20(18-7-2-1-3-8-18)17-22(29)27-13-15-28(16-14-27)23-25-11-6-12-26-23/h1-12,20H,13-17H2. The summed E-state index contributed by atoms with van der Waals surface area (Å²) in [5, 5.41) is 0. The van der Waals surface area contributed by atoms with Gasteiger partial charge >= 0.3 is 0 Å². The van der Waals surface area contributed by atoms with E-state index in [4.69, 9.17) is 0 Å². The Morgan fingerprint density at radius 2 is 1.55 bits per heavy atom. The molecule has 3 aromatic rings. The number of nitrogens with zero attached hydrogens (tertiary/aromatic N) is 4. The van der Waals surface area contributed by atoms with Crippen LogP contribution in [0, 0.1) is 5.82 Å². The molecule has 0 radical (unpaired) electrons. The van der Waals surface area contributed by atoms with Crippen LogP contribution in [0.2, 0.25) is 0 Å². The third kappa shape index (κ3) is 4.42. The molecule has 0 bridgehead atoms. The van der Waals surface area contributed by atoms with Crippen LogP contribution in [-0.4, -0.2) is 47.0 Å². The lowest BCUT2D eigenvalue weighted by Crippen LogP contribution is -2.49. The van der Waals surface area contributed by atoms with E-state index in [9.17, 15) is 9.18 Å². The molecule has 1 atom stereocenters. The van der Waals surface area contributed by atoms with E-state index >= 15 is 0 Å². The van der Waals surface area contributed by atoms with Crippen LogP contribution in [0.5, 0.6) is 0 Å². The first-order chi connectivity index (χ1) is 14.2. The van der Waals surface area contributed by atoms with Gasteiger partial charge in [0.05, 0.1) is 0 Å². The molecule has 1 saturated heterocycles. The summed E-state index contributed by atoms with van der Waals surface area (Å²) in [6.45, 7) is 2.59. The average Bonchev–Trinajstić information content (AvgIpc) is 2.79. The summed E-state index contributed by atoms with van der Waals surface area (Å²) in [7, 11) is 0. The van der Waals surface area contributed by atoms with Crippen molar-refractivity contribution >= 4 is 11.9 Å². The number of carbonyl (C=O) groups is 1. The number of aromatic nitrogens is 2. The van der Waals surface area contributed by atoms with Crippen molar-refractivity contribution < 1.29 is 9.18 Å². The fourth-order valence-electron chi connectivity index (χ4n) is 3.76. The Labute approximate surface area is 169 Å². The van der Waals surface area contributed by atoms with Crippen LogP contribution in [0.4, 0.5) is 10.3 Å². The Morgan fingerprint density at radius 1 is 0.897 bits per heavy atom. The second kappa shape index (κ2) is 8.82. The first kappa shape index (κ1) is 19.1. The molecule has 0 spiro atoms. The summed E-state index contributed by atoms with van der Waals surface area (Å²) in [5.74, 6) is 0.143. The van der Waals surface area contributed by atoms with E-state index in [2.05, 4.69) is 14.9 Å². The Balaban J connectivity index is 1.47. The van der Waals surface area contributed by atoms with Crippen molar-refractivity contribution in [2.24, 2.45) is 0 Å². The summed E-state index contributed by atoms with van der Waals surface area (Å²) in [6.07, 6.45) is 3.68. The molecule has 1 aliphatic rings. The second-order valence-corrected chi connectivity index (χ2v) is 7.11. The molecular formula is C23H23FN4O. The van der Waals surface area contributed by atoms with E-state index in [1.807, 2.05) is 41.3 Å². The molecule has 148 valence electrons. The maximum atomic E-state index is 14.5. The summed E-state index contributed by atoms with van der Waals surface area (Å²) in [4.78, 5) is 25.6. The first-order valence-corrected chi connectivity index (χ1v) is 9.81. The third-order valence-electron chi connectivity index (χ3n) is 5.33. The van der Waals surface area contributed by atoms with Crippen LogP contribution in [0.1, 0.15) is 23.5 Å². The van der Waals surface area contributed by atoms with E-state index < -0.39 is 0 Å². The van der Waals surface area contributed by atoms with Crippen LogP contribution in [0.15, 0.2) is 73.1 Å². The lowest BCUT2D eigenvalue weighted by Gasteiger charge is -2.35. The molecule has 5 nitrogen and oxygen atoms in total. The molecule has 1 unspecified atom stereocenters. The predicted molar refractivity (Wildman–Crippen MR) is 110 cm³/mol. The zero-order chi connectivity index (χ0) is 20.1. The maximum absolute atomic E-state index is 14.5. The molecule has 0 N–H and O–H groups in total. The van der Waals surface area contributed by atoms with E-state index in [-0.39, 0.29) is 24.1 Å². The number of halogens is 1. The van der Waals surface area contributed by atoms with Crippen molar-refractivity contribution in [3.05, 3.63) is 90.0 Å². The van der Waals surface area contributed by atoms with Gasteiger partial charge in [-0.3, -0.25) is 4.79 Å². The van der Waals surface area contributed by atoms with Crippen LogP contribution in [0.25, 0.3) is 0 Å². The highest BCUT2D eigenvalue weighted by molar-refractivity contribution is 5.78. The largest absolute Gasteiger partial charge is 0.339 e. The highest BCUT2D eigenvalue weighted by Gasteiger charge is 2.27. The molecule has 1 fully saturated rings. The second-order valence-electron chi connectivity index (χ2n) is 7.11. The minimum absolute atomic E-state index is 0.0377. The maximum Gasteiger partial charge on any atom is 0.225 e. The van der Waals surface area contributed by atoms with Gasteiger partial charge in [0.15, 0.2) is 0 Å². The van der Waals surface area contributed by atoms with Gasteiger partial charge in [-0.1, -0.05) is 48.5 Å². The normalized spacial score (nSPS) is 15.2. The van der Waals surface area contributed by atoms with Gasteiger partial charge in [0.2, 0.25) is 11.9 Å². The van der Waals surface area contributed by atoms with Crippen molar-refractivity contribution in [2.45, 2.75) is 12.3 Å². The Kier molecular flexibility index (Phi) is 5.79. The van der Waals surface area contributed by atoms with Gasteiger partial charge in [-0.15, -0.1) is 0 Å². The van der Waals surface area contributed by atoms with Crippen LogP contribution in [-0.2, 0) is 4.79 Å². The molecule has 2 aromatic carbocycles. The van der Waals surface area contributed by atoms with Gasteiger partial charge in [0.25, 0.3) is 0 Å². The molecule has 0 aliphatic carbocycles. The number of amides is 1. The van der Waals surface area contributed by atoms with Gasteiger partial charge in [0.1, 0.15) is 5.82 Å². The van der Waals surface area contributed by atoms with Gasteiger partial charge < -0.3 is 9.80 Å². The SMILES string of the molecule is O=C(CC(c1ccccc1)c1ccccc1F)N1CCN(c2ncccn2)CC1. The molecule has 4 rings (SSSR count). The number of benzene rings is 2. The first-order valence-electron chi connectivity index (χ1n) is 9.81.